The van der Waals surface area contributed by atoms with Crippen molar-refractivity contribution < 1.29 is 9.84 Å². The molecule has 1 aliphatic rings. The molecule has 0 bridgehead atoms. The third kappa shape index (κ3) is 3.34. The van der Waals surface area contributed by atoms with E-state index in [1.54, 1.807) is 0 Å². The Morgan fingerprint density at radius 1 is 1.33 bits per heavy atom. The summed E-state index contributed by atoms with van der Waals surface area (Å²) in [5, 5.41) is 12.6. The SMILES string of the molecule is CCOc1ccccc1CN[C@@H]1C=C[C@H](CO)C1. The lowest BCUT2D eigenvalue weighted by molar-refractivity contribution is 0.246. The minimum absolute atomic E-state index is 0.240. The van der Waals surface area contributed by atoms with Crippen LogP contribution in [0.25, 0.3) is 0 Å². The maximum Gasteiger partial charge on any atom is 0.123 e. The molecule has 1 aromatic rings. The Hall–Kier alpha value is -1.32. The molecule has 18 heavy (non-hydrogen) atoms. The van der Waals surface area contributed by atoms with Crippen LogP contribution >= 0.6 is 0 Å². The van der Waals surface area contributed by atoms with Crippen LogP contribution < -0.4 is 10.1 Å². The fourth-order valence-corrected chi connectivity index (χ4v) is 2.25. The summed E-state index contributed by atoms with van der Waals surface area (Å²) in [7, 11) is 0. The summed E-state index contributed by atoms with van der Waals surface area (Å²) in [4.78, 5) is 0. The molecule has 2 N–H and O–H groups in total. The molecule has 0 amide bonds. The van der Waals surface area contributed by atoms with Crippen molar-refractivity contribution in [3.05, 3.63) is 42.0 Å². The average Bonchev–Trinajstić information content (AvgIpc) is 2.86. The average molecular weight is 247 g/mol. The highest BCUT2D eigenvalue weighted by Gasteiger charge is 2.17. The van der Waals surface area contributed by atoms with Crippen molar-refractivity contribution in [1.29, 1.82) is 0 Å². The van der Waals surface area contributed by atoms with Gasteiger partial charge >= 0.3 is 0 Å². The lowest BCUT2D eigenvalue weighted by Crippen LogP contribution is -2.26. The Kier molecular flexibility index (Phi) is 4.79. The first kappa shape index (κ1) is 13.1. The standard InChI is InChI=1S/C15H21NO2/c1-2-18-15-6-4-3-5-13(15)10-16-14-8-7-12(9-14)11-17/h3-8,12,14,16-17H,2,9-11H2,1H3/t12-,14+/m0/s1. The highest BCUT2D eigenvalue weighted by atomic mass is 16.5. The minimum atomic E-state index is 0.240. The van der Waals surface area contributed by atoms with Crippen LogP contribution in [0.4, 0.5) is 0 Å². The van der Waals surface area contributed by atoms with E-state index < -0.39 is 0 Å². The number of aliphatic hydroxyl groups is 1. The van der Waals surface area contributed by atoms with Gasteiger partial charge in [0.2, 0.25) is 0 Å². The normalized spacial score (nSPS) is 22.3. The van der Waals surface area contributed by atoms with Gasteiger partial charge in [-0.05, 0) is 19.4 Å². The Labute approximate surface area is 108 Å². The van der Waals surface area contributed by atoms with Crippen molar-refractivity contribution in [2.24, 2.45) is 5.92 Å². The summed E-state index contributed by atoms with van der Waals surface area (Å²) in [6.07, 6.45) is 5.21. The van der Waals surface area contributed by atoms with Crippen molar-refractivity contribution >= 4 is 0 Å². The summed E-state index contributed by atoms with van der Waals surface area (Å²) in [5.41, 5.74) is 1.18. The van der Waals surface area contributed by atoms with E-state index in [2.05, 4.69) is 23.5 Å². The topological polar surface area (TPSA) is 41.5 Å². The second-order valence-electron chi connectivity index (χ2n) is 4.59. The van der Waals surface area contributed by atoms with E-state index in [9.17, 15) is 0 Å². The number of rotatable bonds is 6. The Balaban J connectivity index is 1.89. The minimum Gasteiger partial charge on any atom is -0.494 e. The van der Waals surface area contributed by atoms with E-state index >= 15 is 0 Å². The molecule has 3 heteroatoms. The first-order chi connectivity index (χ1) is 8.83. The highest BCUT2D eigenvalue weighted by Crippen LogP contribution is 2.20. The van der Waals surface area contributed by atoms with E-state index in [1.807, 2.05) is 25.1 Å². The number of para-hydroxylation sites is 1. The molecule has 0 saturated heterocycles. The zero-order valence-corrected chi connectivity index (χ0v) is 10.8. The van der Waals surface area contributed by atoms with Gasteiger partial charge in [-0.3, -0.25) is 0 Å². The molecule has 1 aromatic carbocycles. The van der Waals surface area contributed by atoms with Crippen LogP contribution in [0.2, 0.25) is 0 Å². The molecule has 0 aliphatic heterocycles. The van der Waals surface area contributed by atoms with E-state index in [1.165, 1.54) is 5.56 Å². The van der Waals surface area contributed by atoms with Crippen LogP contribution in [-0.4, -0.2) is 24.4 Å². The monoisotopic (exact) mass is 247 g/mol. The molecule has 2 atom stereocenters. The Morgan fingerprint density at radius 3 is 2.89 bits per heavy atom. The summed E-state index contributed by atoms with van der Waals surface area (Å²) >= 11 is 0. The van der Waals surface area contributed by atoms with Crippen LogP contribution in [0, 0.1) is 5.92 Å². The van der Waals surface area contributed by atoms with Gasteiger partial charge < -0.3 is 15.2 Å². The van der Waals surface area contributed by atoms with E-state index in [0.29, 0.717) is 18.6 Å². The summed E-state index contributed by atoms with van der Waals surface area (Å²) in [6, 6.07) is 8.46. The quantitative estimate of drug-likeness (QED) is 0.757. The fraction of sp³-hybridized carbons (Fsp3) is 0.467. The van der Waals surface area contributed by atoms with Crippen molar-refractivity contribution in [1.82, 2.24) is 5.32 Å². The van der Waals surface area contributed by atoms with Crippen LogP contribution in [0.5, 0.6) is 5.75 Å². The number of aliphatic hydroxyl groups excluding tert-OH is 1. The van der Waals surface area contributed by atoms with Gasteiger partial charge in [0, 0.05) is 30.7 Å². The van der Waals surface area contributed by atoms with E-state index in [4.69, 9.17) is 9.84 Å². The lowest BCUT2D eigenvalue weighted by Gasteiger charge is -2.15. The molecule has 98 valence electrons. The predicted octanol–water partition coefficient (Wildman–Crippen LogP) is 2.11. The van der Waals surface area contributed by atoms with Crippen molar-refractivity contribution in [3.8, 4) is 5.75 Å². The first-order valence-electron chi connectivity index (χ1n) is 6.56. The van der Waals surface area contributed by atoms with E-state index in [-0.39, 0.29) is 6.61 Å². The molecule has 0 fully saturated rings. The van der Waals surface area contributed by atoms with Crippen molar-refractivity contribution in [2.75, 3.05) is 13.2 Å². The summed E-state index contributed by atoms with van der Waals surface area (Å²) < 4.78 is 5.60. The van der Waals surface area contributed by atoms with Gasteiger partial charge in [0.25, 0.3) is 0 Å². The molecular formula is C15H21NO2. The van der Waals surface area contributed by atoms with Gasteiger partial charge in [-0.1, -0.05) is 30.4 Å². The second-order valence-corrected chi connectivity index (χ2v) is 4.59. The third-order valence-corrected chi connectivity index (χ3v) is 3.23. The van der Waals surface area contributed by atoms with Crippen molar-refractivity contribution in [2.45, 2.75) is 25.9 Å². The van der Waals surface area contributed by atoms with Gasteiger partial charge in [0.05, 0.1) is 6.61 Å². The van der Waals surface area contributed by atoms with Gasteiger partial charge in [-0.25, -0.2) is 0 Å². The number of ether oxygens (including phenoxy) is 1. The molecule has 0 spiro atoms. The molecule has 0 saturated carbocycles. The van der Waals surface area contributed by atoms with Crippen LogP contribution in [0.15, 0.2) is 36.4 Å². The maximum atomic E-state index is 9.08. The summed E-state index contributed by atoms with van der Waals surface area (Å²) in [6.45, 7) is 3.72. The first-order valence-corrected chi connectivity index (χ1v) is 6.56. The van der Waals surface area contributed by atoms with Crippen molar-refractivity contribution in [3.63, 3.8) is 0 Å². The Bertz CT molecular complexity index is 403. The lowest BCUT2D eigenvalue weighted by atomic mass is 10.1. The molecule has 2 rings (SSSR count). The fourth-order valence-electron chi connectivity index (χ4n) is 2.25. The second kappa shape index (κ2) is 6.57. The molecule has 0 heterocycles. The molecule has 1 aliphatic carbocycles. The molecule has 0 unspecified atom stereocenters. The number of hydrogen-bond donors (Lipinski definition) is 2. The molecule has 0 radical (unpaired) electrons. The highest BCUT2D eigenvalue weighted by molar-refractivity contribution is 5.33. The molecule has 0 aromatic heterocycles. The van der Waals surface area contributed by atoms with Gasteiger partial charge in [0.15, 0.2) is 0 Å². The summed E-state index contributed by atoms with van der Waals surface area (Å²) in [5.74, 6) is 1.26. The number of hydrogen-bond acceptors (Lipinski definition) is 3. The number of nitrogens with one attached hydrogen (secondary N) is 1. The van der Waals surface area contributed by atoms with Gasteiger partial charge in [0.1, 0.15) is 5.75 Å². The zero-order chi connectivity index (χ0) is 12.8. The largest absolute Gasteiger partial charge is 0.494 e. The van der Waals surface area contributed by atoms with Crippen LogP contribution in [0.3, 0.4) is 0 Å². The maximum absolute atomic E-state index is 9.08. The van der Waals surface area contributed by atoms with Gasteiger partial charge in [-0.2, -0.15) is 0 Å². The zero-order valence-electron chi connectivity index (χ0n) is 10.8. The molecular weight excluding hydrogens is 226 g/mol. The van der Waals surface area contributed by atoms with Crippen LogP contribution in [-0.2, 0) is 6.54 Å². The van der Waals surface area contributed by atoms with Crippen LogP contribution in [0.1, 0.15) is 18.9 Å². The Morgan fingerprint density at radius 2 is 2.17 bits per heavy atom. The van der Waals surface area contributed by atoms with E-state index in [0.717, 1.165) is 18.7 Å². The van der Waals surface area contributed by atoms with Gasteiger partial charge in [-0.15, -0.1) is 0 Å². The predicted molar refractivity (Wildman–Crippen MR) is 72.6 cm³/mol. The number of benzene rings is 1. The smallest absolute Gasteiger partial charge is 0.123 e. The molecule has 3 nitrogen and oxygen atoms in total. The third-order valence-electron chi connectivity index (χ3n) is 3.23.